The van der Waals surface area contributed by atoms with E-state index in [0.29, 0.717) is 11.1 Å². The Kier molecular flexibility index (Phi) is 8.67. The second-order valence-electron chi connectivity index (χ2n) is 11.5. The van der Waals surface area contributed by atoms with Crippen molar-refractivity contribution < 1.29 is 41.8 Å². The topological polar surface area (TPSA) is 185 Å². The molecule has 1 aliphatic heterocycles. The number of carbonyl (C=O) groups excluding carboxylic acids is 2. The summed E-state index contributed by atoms with van der Waals surface area (Å²) in [7, 11) is 0. The molecular weight excluding hydrogens is 613 g/mol. The van der Waals surface area contributed by atoms with Crippen molar-refractivity contribution in [1.29, 1.82) is 0 Å². The van der Waals surface area contributed by atoms with Gasteiger partial charge in [-0.05, 0) is 39.3 Å². The number of rotatable bonds is 6. The van der Waals surface area contributed by atoms with Crippen molar-refractivity contribution >= 4 is 46.5 Å². The number of nitrogens with zero attached hydrogens (tertiary/aromatic N) is 5. The molecule has 0 spiro atoms. The van der Waals surface area contributed by atoms with E-state index in [9.17, 15) is 32.7 Å². The van der Waals surface area contributed by atoms with Crippen molar-refractivity contribution in [2.24, 2.45) is 5.92 Å². The van der Waals surface area contributed by atoms with Crippen molar-refractivity contribution in [2.45, 2.75) is 45.0 Å². The summed E-state index contributed by atoms with van der Waals surface area (Å²) in [6, 6.07) is 1.95. The second kappa shape index (κ2) is 12.5. The normalized spacial score (nSPS) is 17.0. The van der Waals surface area contributed by atoms with Gasteiger partial charge in [-0.2, -0.15) is 13.2 Å². The number of furan rings is 1. The van der Waals surface area contributed by atoms with Crippen LogP contribution in [0, 0.1) is 5.92 Å². The van der Waals surface area contributed by atoms with E-state index in [1.54, 1.807) is 39.2 Å². The number of nitrogens with one attached hydrogen (secondary N) is 3. The first-order chi connectivity index (χ1) is 21.7. The Morgan fingerprint density at radius 3 is 2.43 bits per heavy atom. The van der Waals surface area contributed by atoms with Crippen molar-refractivity contribution in [2.75, 3.05) is 28.6 Å². The van der Waals surface area contributed by atoms with Gasteiger partial charge < -0.3 is 29.8 Å². The molecule has 1 saturated heterocycles. The molecule has 3 amide bonds. The minimum Gasteiger partial charge on any atom is -0.465 e. The van der Waals surface area contributed by atoms with E-state index >= 15 is 0 Å². The number of carboxylic acid groups (broad SMARTS) is 1. The smallest absolute Gasteiger partial charge is 0.414 e. The highest BCUT2D eigenvalue weighted by Gasteiger charge is 2.45. The summed E-state index contributed by atoms with van der Waals surface area (Å²) < 4.78 is 52.6. The summed E-state index contributed by atoms with van der Waals surface area (Å²) in [6.07, 6.45) is 1.09. The highest BCUT2D eigenvalue weighted by atomic mass is 19.4. The van der Waals surface area contributed by atoms with E-state index in [1.807, 2.05) is 0 Å². The first-order valence-corrected chi connectivity index (χ1v) is 13.9. The zero-order valence-electron chi connectivity index (χ0n) is 24.8. The lowest BCUT2D eigenvalue weighted by Crippen LogP contribution is -2.53. The van der Waals surface area contributed by atoms with E-state index in [2.05, 4.69) is 35.9 Å². The molecule has 5 rings (SSSR count). The van der Waals surface area contributed by atoms with E-state index in [4.69, 9.17) is 9.15 Å². The molecule has 0 aromatic carbocycles. The van der Waals surface area contributed by atoms with Crippen LogP contribution < -0.4 is 20.9 Å². The summed E-state index contributed by atoms with van der Waals surface area (Å²) in [6.45, 7) is 4.37. The fraction of sp³-hybridized carbons (Fsp3) is 0.345. The number of aromatic nitrogens is 4. The molecule has 2 atom stereocenters. The number of halogens is 3. The van der Waals surface area contributed by atoms with Gasteiger partial charge in [0.2, 0.25) is 5.88 Å². The summed E-state index contributed by atoms with van der Waals surface area (Å²) in [5.41, 5.74) is 0.479. The maximum Gasteiger partial charge on any atom is 0.414 e. The number of hydrogen-bond acceptors (Lipinski definition) is 10. The Morgan fingerprint density at radius 2 is 1.76 bits per heavy atom. The standard InChI is InChI=1S/C29H29F3N8O6/c1-28(2,3)46-27(44)39-25-22(23-21(45-25)6-15(10-36-23)16-8-34-14-35-9-16)24(41)38-19-11-33-5-4-20(19)40-12-17(29(30,31)32)7-18(13-40)37-26(42)43/h4-6,8-11,14,17-18,37H,7,12-13H2,1-3H3,(H,38,41)(H,39,44)(H,42,43)/t17-,18+/m1/s1. The van der Waals surface area contributed by atoms with E-state index in [-0.39, 0.29) is 40.5 Å². The molecule has 0 bridgehead atoms. The molecule has 0 saturated carbocycles. The average Bonchev–Trinajstić information content (AvgIpc) is 3.32. The van der Waals surface area contributed by atoms with Gasteiger partial charge in [0.25, 0.3) is 5.91 Å². The molecule has 14 nitrogen and oxygen atoms in total. The minimum atomic E-state index is -4.60. The maximum absolute atomic E-state index is 13.9. The molecule has 4 N–H and O–H groups in total. The molecule has 1 aliphatic rings. The zero-order chi connectivity index (χ0) is 33.2. The summed E-state index contributed by atoms with van der Waals surface area (Å²) in [5, 5.41) is 16.4. The van der Waals surface area contributed by atoms with Gasteiger partial charge in [-0.25, -0.2) is 19.6 Å². The molecule has 17 heteroatoms. The largest absolute Gasteiger partial charge is 0.465 e. The first kappa shape index (κ1) is 31.9. The van der Waals surface area contributed by atoms with Crippen molar-refractivity contribution in [1.82, 2.24) is 25.3 Å². The number of piperidine rings is 1. The number of pyridine rings is 2. The lowest BCUT2D eigenvalue weighted by Gasteiger charge is -2.40. The van der Waals surface area contributed by atoms with Crippen LogP contribution in [0.15, 0.2) is 53.9 Å². The summed E-state index contributed by atoms with van der Waals surface area (Å²) >= 11 is 0. The first-order valence-electron chi connectivity index (χ1n) is 13.9. The number of amides is 3. The Morgan fingerprint density at radius 1 is 1.02 bits per heavy atom. The molecule has 0 aliphatic carbocycles. The van der Waals surface area contributed by atoms with Crippen molar-refractivity contribution in [3.05, 3.63) is 55.0 Å². The van der Waals surface area contributed by atoms with Gasteiger partial charge in [-0.3, -0.25) is 20.1 Å². The predicted molar refractivity (Wildman–Crippen MR) is 158 cm³/mol. The molecule has 242 valence electrons. The van der Waals surface area contributed by atoms with Crippen LogP contribution in [-0.4, -0.2) is 74.0 Å². The van der Waals surface area contributed by atoms with Crippen LogP contribution in [0.3, 0.4) is 0 Å². The second-order valence-corrected chi connectivity index (χ2v) is 11.5. The lowest BCUT2D eigenvalue weighted by atomic mass is 9.93. The van der Waals surface area contributed by atoms with Crippen LogP contribution in [0.5, 0.6) is 0 Å². The summed E-state index contributed by atoms with van der Waals surface area (Å²) in [5.74, 6) is -2.96. The Labute approximate surface area is 259 Å². The lowest BCUT2D eigenvalue weighted by molar-refractivity contribution is -0.177. The molecule has 5 heterocycles. The van der Waals surface area contributed by atoms with Gasteiger partial charge in [0.05, 0.1) is 29.5 Å². The van der Waals surface area contributed by atoms with Crippen LogP contribution in [-0.2, 0) is 4.74 Å². The van der Waals surface area contributed by atoms with Crippen molar-refractivity contribution in [3.8, 4) is 11.1 Å². The number of anilines is 3. The predicted octanol–water partition coefficient (Wildman–Crippen LogP) is 5.30. The molecule has 46 heavy (non-hydrogen) atoms. The quantitative estimate of drug-likeness (QED) is 0.214. The highest BCUT2D eigenvalue weighted by molar-refractivity contribution is 6.17. The molecule has 0 unspecified atom stereocenters. The van der Waals surface area contributed by atoms with Crippen LogP contribution >= 0.6 is 0 Å². The van der Waals surface area contributed by atoms with Gasteiger partial charge in [0.15, 0.2) is 5.58 Å². The van der Waals surface area contributed by atoms with Crippen LogP contribution in [0.2, 0.25) is 0 Å². The number of fused-ring (bicyclic) bond motifs is 1. The van der Waals surface area contributed by atoms with Gasteiger partial charge in [0, 0.05) is 49.0 Å². The van der Waals surface area contributed by atoms with Crippen molar-refractivity contribution in [3.63, 3.8) is 0 Å². The SMILES string of the molecule is CC(C)(C)OC(=O)Nc1oc2cc(-c3cncnc3)cnc2c1C(=O)Nc1cnccc1N1C[C@@H](NC(=O)O)C[C@@H](C(F)(F)F)C1. The third kappa shape index (κ3) is 7.41. The third-order valence-corrected chi connectivity index (χ3v) is 6.89. The van der Waals surface area contributed by atoms with Crippen LogP contribution in [0.1, 0.15) is 37.6 Å². The molecule has 4 aromatic rings. The third-order valence-electron chi connectivity index (χ3n) is 6.89. The zero-order valence-corrected chi connectivity index (χ0v) is 24.8. The molecule has 0 radical (unpaired) electrons. The van der Waals surface area contributed by atoms with E-state index < -0.39 is 54.8 Å². The Bertz CT molecular complexity index is 1760. The van der Waals surface area contributed by atoms with Gasteiger partial charge >= 0.3 is 18.4 Å². The Hall–Kier alpha value is -5.48. The van der Waals surface area contributed by atoms with E-state index in [0.717, 1.165) is 0 Å². The van der Waals surface area contributed by atoms with Gasteiger partial charge in [-0.15, -0.1) is 0 Å². The summed E-state index contributed by atoms with van der Waals surface area (Å²) in [4.78, 5) is 55.5. The Balaban J connectivity index is 1.51. The molecular formula is C29H29F3N8O6. The average molecular weight is 643 g/mol. The number of alkyl halides is 3. The number of carbonyl (C=O) groups is 3. The molecule has 4 aromatic heterocycles. The van der Waals surface area contributed by atoms with Gasteiger partial charge in [0.1, 0.15) is 23.0 Å². The number of hydrogen-bond donors (Lipinski definition) is 4. The fourth-order valence-electron chi connectivity index (χ4n) is 5.04. The fourth-order valence-corrected chi connectivity index (χ4v) is 5.04. The van der Waals surface area contributed by atoms with Gasteiger partial charge in [-0.1, -0.05) is 0 Å². The monoisotopic (exact) mass is 642 g/mol. The highest BCUT2D eigenvalue weighted by Crippen LogP contribution is 2.38. The van der Waals surface area contributed by atoms with Crippen LogP contribution in [0.25, 0.3) is 22.2 Å². The van der Waals surface area contributed by atoms with E-state index in [1.165, 1.54) is 35.9 Å². The maximum atomic E-state index is 13.9. The molecule has 1 fully saturated rings. The number of ether oxygens (including phenoxy) is 1. The minimum absolute atomic E-state index is 0.0278. The van der Waals surface area contributed by atoms with Crippen LogP contribution in [0.4, 0.5) is 40.0 Å².